The Morgan fingerprint density at radius 3 is 2.26 bits per heavy atom. The second kappa shape index (κ2) is 10.9. The Bertz CT molecular complexity index is 1370. The van der Waals surface area contributed by atoms with Crippen molar-refractivity contribution in [2.24, 2.45) is 50.7 Å². The fourth-order valence-corrected chi connectivity index (χ4v) is 14.6. The molecule has 46 heavy (non-hydrogen) atoms. The van der Waals surface area contributed by atoms with Crippen LogP contribution in [0.4, 0.5) is 0 Å². The lowest BCUT2D eigenvalue weighted by Gasteiger charge is -2.72. The molecule has 0 spiro atoms. The minimum Gasteiger partial charge on any atom is -0.338 e. The van der Waals surface area contributed by atoms with E-state index in [0.29, 0.717) is 40.0 Å². The Kier molecular flexibility index (Phi) is 7.53. The van der Waals surface area contributed by atoms with E-state index in [0.717, 1.165) is 37.8 Å². The van der Waals surface area contributed by atoms with Crippen LogP contribution < -0.4 is 0 Å². The van der Waals surface area contributed by atoms with Gasteiger partial charge < -0.3 is 9.80 Å². The highest BCUT2D eigenvalue weighted by Crippen LogP contribution is 2.77. The van der Waals surface area contributed by atoms with Gasteiger partial charge in [0.15, 0.2) is 0 Å². The number of hydrogen-bond acceptors (Lipinski definition) is 2. The number of hydrogen-bond donors (Lipinski definition) is 0. The van der Waals surface area contributed by atoms with Crippen molar-refractivity contribution in [2.75, 3.05) is 26.2 Å². The average molecular weight is 625 g/mol. The van der Waals surface area contributed by atoms with Crippen LogP contribution in [0.2, 0.25) is 0 Å². The van der Waals surface area contributed by atoms with E-state index in [4.69, 9.17) is 0 Å². The third-order valence-corrected chi connectivity index (χ3v) is 17.0. The van der Waals surface area contributed by atoms with Crippen LogP contribution in [0.3, 0.4) is 0 Å². The summed E-state index contributed by atoms with van der Waals surface area (Å²) in [6.07, 6.45) is 20.6. The fourth-order valence-electron chi connectivity index (χ4n) is 14.6. The maximum absolute atomic E-state index is 14.9. The van der Waals surface area contributed by atoms with Crippen LogP contribution in [0.5, 0.6) is 0 Å². The van der Waals surface area contributed by atoms with Crippen molar-refractivity contribution in [1.29, 1.82) is 0 Å². The van der Waals surface area contributed by atoms with Crippen LogP contribution in [0.1, 0.15) is 136 Å². The van der Waals surface area contributed by atoms with Crippen LogP contribution in [0, 0.1) is 57.7 Å². The maximum Gasteiger partial charge on any atom is 0.229 e. The highest BCUT2D eigenvalue weighted by Gasteiger charge is 2.70. The molecule has 0 aromatic heterocycles. The van der Waals surface area contributed by atoms with E-state index in [1.165, 1.54) is 101 Å². The van der Waals surface area contributed by atoms with Crippen molar-refractivity contribution in [3.63, 3.8) is 0 Å². The first-order valence-electron chi connectivity index (χ1n) is 19.8. The molecule has 6 fully saturated rings. The first-order chi connectivity index (χ1) is 21.9. The van der Waals surface area contributed by atoms with E-state index in [2.05, 4.69) is 81.7 Å². The summed E-state index contributed by atoms with van der Waals surface area (Å²) in [4.78, 5) is 20.0. The highest BCUT2D eigenvalue weighted by atomic mass is 16.2. The molecule has 1 aromatic carbocycles. The van der Waals surface area contributed by atoms with E-state index >= 15 is 0 Å². The van der Waals surface area contributed by atoms with Crippen molar-refractivity contribution in [3.8, 4) is 0 Å². The Morgan fingerprint density at radius 2 is 1.50 bits per heavy atom. The van der Waals surface area contributed by atoms with Gasteiger partial charge in [0.25, 0.3) is 0 Å². The van der Waals surface area contributed by atoms with Crippen molar-refractivity contribution >= 4 is 11.5 Å². The highest BCUT2D eigenvalue weighted by molar-refractivity contribution is 5.84. The molecule has 8 rings (SSSR count). The molecule has 0 bridgehead atoms. The Morgan fingerprint density at radius 1 is 0.739 bits per heavy atom. The lowest BCUT2D eigenvalue weighted by Crippen LogP contribution is -2.66. The van der Waals surface area contributed by atoms with Gasteiger partial charge >= 0.3 is 0 Å². The van der Waals surface area contributed by atoms with Gasteiger partial charge in [-0.05, 0) is 160 Å². The second-order valence-electron chi connectivity index (χ2n) is 19.0. The van der Waals surface area contributed by atoms with Crippen LogP contribution >= 0.6 is 0 Å². The molecule has 3 heteroatoms. The molecule has 2 saturated heterocycles. The predicted molar refractivity (Wildman–Crippen MR) is 190 cm³/mol. The number of amides is 1. The van der Waals surface area contributed by atoms with Gasteiger partial charge in [-0.1, -0.05) is 76.9 Å². The smallest absolute Gasteiger partial charge is 0.229 e. The number of allylic oxidation sites excluding steroid dienone is 2. The lowest BCUT2D eigenvalue weighted by atomic mass is 9.32. The van der Waals surface area contributed by atoms with Crippen LogP contribution in [0.15, 0.2) is 30.3 Å². The van der Waals surface area contributed by atoms with Crippen molar-refractivity contribution in [2.45, 2.75) is 137 Å². The maximum atomic E-state index is 14.9. The Labute approximate surface area is 281 Å². The van der Waals surface area contributed by atoms with Gasteiger partial charge in [0, 0.05) is 19.1 Å². The summed E-state index contributed by atoms with van der Waals surface area (Å²) < 4.78 is 0. The third-order valence-electron chi connectivity index (χ3n) is 17.0. The van der Waals surface area contributed by atoms with Gasteiger partial charge in [-0.25, -0.2) is 0 Å². The third kappa shape index (κ3) is 4.34. The van der Waals surface area contributed by atoms with E-state index < -0.39 is 0 Å². The largest absolute Gasteiger partial charge is 0.338 e. The summed E-state index contributed by atoms with van der Waals surface area (Å²) in [5, 5.41) is 0. The van der Waals surface area contributed by atoms with Gasteiger partial charge in [0.05, 0.1) is 5.41 Å². The molecule has 0 N–H and O–H groups in total. The quantitative estimate of drug-likeness (QED) is 0.333. The zero-order chi connectivity index (χ0) is 32.1. The van der Waals surface area contributed by atoms with Crippen molar-refractivity contribution < 1.29 is 4.79 Å². The molecule has 7 aliphatic rings. The first kappa shape index (κ1) is 31.6. The SMILES string of the molecule is Cc1ccc(C2=CCC3(C)C(CCC4(C)C3CCC3C5CCCC5(C(=O)N5CCCC5CN5CCCC5)CC[C@]34C)C2(C)C)cc1. The van der Waals surface area contributed by atoms with E-state index in [-0.39, 0.29) is 10.8 Å². The molecular weight excluding hydrogens is 560 g/mol. The number of benzene rings is 1. The van der Waals surface area contributed by atoms with Gasteiger partial charge in [-0.2, -0.15) is 0 Å². The number of rotatable bonds is 4. The molecule has 9 atom stereocenters. The van der Waals surface area contributed by atoms with Crippen molar-refractivity contribution in [3.05, 3.63) is 41.5 Å². The van der Waals surface area contributed by atoms with E-state index in [9.17, 15) is 4.79 Å². The number of carbonyl (C=O) groups is 1. The molecular formula is C43H64N2O. The number of likely N-dealkylation sites (tertiary alicyclic amines) is 2. The van der Waals surface area contributed by atoms with Gasteiger partial charge in [0.1, 0.15) is 0 Å². The number of carbonyl (C=O) groups excluding carboxylic acids is 1. The molecule has 2 heterocycles. The predicted octanol–water partition coefficient (Wildman–Crippen LogP) is 9.93. The molecule has 4 saturated carbocycles. The summed E-state index contributed by atoms with van der Waals surface area (Å²) in [5.74, 6) is 3.40. The second-order valence-corrected chi connectivity index (χ2v) is 19.0. The Balaban J connectivity index is 1.07. The lowest BCUT2D eigenvalue weighted by molar-refractivity contribution is -0.224. The minimum atomic E-state index is -0.0689. The standard InChI is InChI=1S/C43H64N2O/c1-30-13-15-31(16-14-30)33-19-22-40(4)36(39(33,2)3)20-23-42(6)37(40)18-17-34-35-12-9-21-43(35,25-24-41(34,42)5)38(46)45-28-10-11-32(45)29-44-26-7-8-27-44/h13-16,19,32,34-37H,7-12,17-18,20-29H2,1-6H3/t32?,34?,35?,36?,37?,40?,41-,42?,43?/m1/s1. The molecule has 252 valence electrons. The summed E-state index contributed by atoms with van der Waals surface area (Å²) in [6, 6.07) is 9.81. The van der Waals surface area contributed by atoms with Gasteiger partial charge in [-0.3, -0.25) is 4.79 Å². The van der Waals surface area contributed by atoms with Crippen LogP contribution in [-0.2, 0) is 4.79 Å². The molecule has 5 aliphatic carbocycles. The molecule has 2 aliphatic heterocycles. The number of nitrogens with zero attached hydrogens (tertiary/aromatic N) is 2. The van der Waals surface area contributed by atoms with E-state index in [1.807, 2.05) is 0 Å². The summed E-state index contributed by atoms with van der Waals surface area (Å²) in [6.45, 7) is 20.2. The number of aryl methyl sites for hydroxylation is 1. The van der Waals surface area contributed by atoms with E-state index in [1.54, 1.807) is 5.57 Å². The summed E-state index contributed by atoms with van der Waals surface area (Å²) in [7, 11) is 0. The molecule has 8 unspecified atom stereocenters. The monoisotopic (exact) mass is 625 g/mol. The number of fused-ring (bicyclic) bond motifs is 7. The minimum absolute atomic E-state index is 0.0689. The normalized spacial score (nSPS) is 45.0. The zero-order valence-corrected chi connectivity index (χ0v) is 30.3. The zero-order valence-electron chi connectivity index (χ0n) is 30.3. The first-order valence-corrected chi connectivity index (χ1v) is 19.8. The molecule has 1 aromatic rings. The average Bonchev–Trinajstić information content (AvgIpc) is 3.80. The molecule has 0 radical (unpaired) electrons. The van der Waals surface area contributed by atoms with Crippen LogP contribution in [-0.4, -0.2) is 47.9 Å². The van der Waals surface area contributed by atoms with Gasteiger partial charge in [0.2, 0.25) is 5.91 Å². The fraction of sp³-hybridized carbons (Fsp3) is 0.791. The van der Waals surface area contributed by atoms with Crippen LogP contribution in [0.25, 0.3) is 5.57 Å². The van der Waals surface area contributed by atoms with Gasteiger partial charge in [-0.15, -0.1) is 0 Å². The molecule has 1 amide bonds. The Hall–Kier alpha value is -1.61. The summed E-state index contributed by atoms with van der Waals surface area (Å²) >= 11 is 0. The topological polar surface area (TPSA) is 23.6 Å². The summed E-state index contributed by atoms with van der Waals surface area (Å²) in [5.41, 5.74) is 5.54. The van der Waals surface area contributed by atoms with Crippen molar-refractivity contribution in [1.82, 2.24) is 9.80 Å². The molecule has 3 nitrogen and oxygen atoms in total.